The molecular formula is C17H30N4O2. The lowest BCUT2D eigenvalue weighted by Gasteiger charge is -2.26. The number of amides is 1. The molecule has 2 heterocycles. The van der Waals surface area contributed by atoms with Crippen LogP contribution in [0.1, 0.15) is 45.6 Å². The van der Waals surface area contributed by atoms with Crippen molar-refractivity contribution in [2.45, 2.75) is 65.1 Å². The number of nitrogens with one attached hydrogen (secondary N) is 1. The number of hydrogen-bond acceptors (Lipinski definition) is 4. The fourth-order valence-corrected chi connectivity index (χ4v) is 2.78. The zero-order valence-electron chi connectivity index (χ0n) is 14.8. The molecule has 1 aromatic heterocycles. The minimum absolute atomic E-state index is 0.190. The van der Waals surface area contributed by atoms with Crippen molar-refractivity contribution in [3.05, 3.63) is 18.0 Å². The molecule has 1 fully saturated rings. The van der Waals surface area contributed by atoms with E-state index in [1.807, 2.05) is 43.5 Å². The molecule has 23 heavy (non-hydrogen) atoms. The summed E-state index contributed by atoms with van der Waals surface area (Å²) in [6, 6.07) is 0.457. The van der Waals surface area contributed by atoms with Gasteiger partial charge in [0.2, 0.25) is 0 Å². The first-order valence-corrected chi connectivity index (χ1v) is 8.54. The molecule has 1 aromatic rings. The van der Waals surface area contributed by atoms with Gasteiger partial charge in [-0.2, -0.15) is 5.10 Å². The van der Waals surface area contributed by atoms with Crippen LogP contribution in [0.4, 0.5) is 4.79 Å². The molecular weight excluding hydrogens is 292 g/mol. The van der Waals surface area contributed by atoms with Gasteiger partial charge in [0, 0.05) is 31.9 Å². The maximum Gasteiger partial charge on any atom is 0.410 e. The fourth-order valence-electron chi connectivity index (χ4n) is 2.78. The van der Waals surface area contributed by atoms with Gasteiger partial charge in [0.15, 0.2) is 0 Å². The van der Waals surface area contributed by atoms with Crippen molar-refractivity contribution in [1.29, 1.82) is 0 Å². The number of aromatic nitrogens is 2. The molecule has 6 heteroatoms. The molecule has 1 aliphatic heterocycles. The number of aryl methyl sites for hydroxylation is 1. The lowest BCUT2D eigenvalue weighted by atomic mass is 10.1. The smallest absolute Gasteiger partial charge is 0.410 e. The summed E-state index contributed by atoms with van der Waals surface area (Å²) in [7, 11) is 0. The molecule has 6 nitrogen and oxygen atoms in total. The number of nitrogens with zero attached hydrogens (tertiary/aromatic N) is 3. The van der Waals surface area contributed by atoms with Gasteiger partial charge in [-0.25, -0.2) is 4.79 Å². The molecule has 1 saturated heterocycles. The van der Waals surface area contributed by atoms with Gasteiger partial charge in [-0.1, -0.05) is 0 Å². The molecule has 130 valence electrons. The van der Waals surface area contributed by atoms with Gasteiger partial charge in [0.1, 0.15) is 5.60 Å². The summed E-state index contributed by atoms with van der Waals surface area (Å²) in [6.45, 7) is 11.1. The van der Waals surface area contributed by atoms with Gasteiger partial charge in [0.25, 0.3) is 0 Å². The first-order chi connectivity index (χ1) is 10.8. The molecule has 2 rings (SSSR count). The van der Waals surface area contributed by atoms with Crippen LogP contribution in [0.5, 0.6) is 0 Å². The predicted octanol–water partition coefficient (Wildman–Crippen LogP) is 2.57. The van der Waals surface area contributed by atoms with Crippen LogP contribution in [-0.2, 0) is 11.3 Å². The third kappa shape index (κ3) is 6.22. The van der Waals surface area contributed by atoms with Gasteiger partial charge in [0.05, 0.1) is 12.7 Å². The van der Waals surface area contributed by atoms with Crippen molar-refractivity contribution in [3.63, 3.8) is 0 Å². The number of ether oxygens (including phenoxy) is 1. The topological polar surface area (TPSA) is 59.4 Å². The van der Waals surface area contributed by atoms with Gasteiger partial charge in [-0.05, 0) is 52.5 Å². The van der Waals surface area contributed by atoms with E-state index in [-0.39, 0.29) is 6.09 Å². The summed E-state index contributed by atoms with van der Waals surface area (Å²) >= 11 is 0. The average Bonchev–Trinajstić information content (AvgIpc) is 2.71. The molecule has 1 atom stereocenters. The molecule has 0 bridgehead atoms. The lowest BCUT2D eigenvalue weighted by Crippen LogP contribution is -2.38. The molecule has 1 aliphatic rings. The van der Waals surface area contributed by atoms with E-state index in [1.54, 1.807) is 0 Å². The first-order valence-electron chi connectivity index (χ1n) is 8.54. The van der Waals surface area contributed by atoms with Crippen LogP contribution in [0.25, 0.3) is 0 Å². The minimum atomic E-state index is -0.428. The third-order valence-electron chi connectivity index (χ3n) is 3.92. The average molecular weight is 322 g/mol. The monoisotopic (exact) mass is 322 g/mol. The molecule has 0 aliphatic carbocycles. The summed E-state index contributed by atoms with van der Waals surface area (Å²) in [6.07, 6.45) is 6.82. The van der Waals surface area contributed by atoms with Crippen LogP contribution in [-0.4, -0.2) is 52.1 Å². The zero-order valence-corrected chi connectivity index (χ0v) is 14.8. The highest BCUT2D eigenvalue weighted by Crippen LogP contribution is 2.15. The summed E-state index contributed by atoms with van der Waals surface area (Å²) in [4.78, 5) is 14.0. The quantitative estimate of drug-likeness (QED) is 0.925. The maximum atomic E-state index is 12.1. The highest BCUT2D eigenvalue weighted by molar-refractivity contribution is 5.68. The first kappa shape index (κ1) is 17.8. The van der Waals surface area contributed by atoms with E-state index in [1.165, 1.54) is 5.56 Å². The van der Waals surface area contributed by atoms with E-state index in [0.29, 0.717) is 6.04 Å². The Balaban J connectivity index is 1.72. The van der Waals surface area contributed by atoms with E-state index >= 15 is 0 Å². The largest absolute Gasteiger partial charge is 0.444 e. The van der Waals surface area contributed by atoms with Crippen molar-refractivity contribution in [3.8, 4) is 0 Å². The molecule has 0 aromatic carbocycles. The van der Waals surface area contributed by atoms with Crippen molar-refractivity contribution >= 4 is 6.09 Å². The van der Waals surface area contributed by atoms with Crippen LogP contribution in [0.15, 0.2) is 12.4 Å². The summed E-state index contributed by atoms with van der Waals surface area (Å²) in [5.74, 6) is 0. The molecule has 1 N–H and O–H groups in total. The van der Waals surface area contributed by atoms with Gasteiger partial charge < -0.3 is 15.0 Å². The van der Waals surface area contributed by atoms with Crippen molar-refractivity contribution in [2.24, 2.45) is 0 Å². The van der Waals surface area contributed by atoms with Crippen molar-refractivity contribution in [1.82, 2.24) is 20.0 Å². The number of carbonyl (C=O) groups is 1. The Labute approximate surface area is 139 Å². The van der Waals surface area contributed by atoms with Crippen LogP contribution < -0.4 is 5.32 Å². The number of likely N-dealkylation sites (tertiary alicyclic amines) is 1. The van der Waals surface area contributed by atoms with E-state index in [4.69, 9.17) is 4.74 Å². The van der Waals surface area contributed by atoms with Crippen LogP contribution >= 0.6 is 0 Å². The van der Waals surface area contributed by atoms with Crippen LogP contribution in [0, 0.1) is 6.92 Å². The van der Waals surface area contributed by atoms with Crippen LogP contribution in [0.3, 0.4) is 0 Å². The highest BCUT2D eigenvalue weighted by atomic mass is 16.6. The van der Waals surface area contributed by atoms with E-state index in [2.05, 4.69) is 16.6 Å². The Morgan fingerprint density at radius 2 is 2.17 bits per heavy atom. The Morgan fingerprint density at radius 3 is 2.83 bits per heavy atom. The lowest BCUT2D eigenvalue weighted by molar-refractivity contribution is 0.0256. The molecule has 1 unspecified atom stereocenters. The molecule has 0 radical (unpaired) electrons. The third-order valence-corrected chi connectivity index (χ3v) is 3.92. The SMILES string of the molecule is Cc1cnn(CCNC2CCCN(C(=O)OC(C)(C)C)CC2)c1. The summed E-state index contributed by atoms with van der Waals surface area (Å²) in [5, 5.41) is 7.88. The Hall–Kier alpha value is -1.56. The Kier molecular flexibility index (Phi) is 6.04. The number of hydrogen-bond donors (Lipinski definition) is 1. The zero-order chi connectivity index (χ0) is 16.9. The standard InChI is InChI=1S/C17H30N4O2/c1-14-12-19-21(13-14)11-8-18-15-6-5-9-20(10-7-15)16(22)23-17(2,3)4/h12-13,15,18H,5-11H2,1-4H3. The fraction of sp³-hybridized carbons (Fsp3) is 0.765. The van der Waals surface area contributed by atoms with E-state index < -0.39 is 5.60 Å². The van der Waals surface area contributed by atoms with Gasteiger partial charge in [-0.15, -0.1) is 0 Å². The Bertz CT molecular complexity index is 507. The number of carbonyl (C=O) groups excluding carboxylic acids is 1. The predicted molar refractivity (Wildman–Crippen MR) is 90.4 cm³/mol. The second-order valence-corrected chi connectivity index (χ2v) is 7.33. The van der Waals surface area contributed by atoms with E-state index in [9.17, 15) is 4.79 Å². The summed E-state index contributed by atoms with van der Waals surface area (Å²) < 4.78 is 7.43. The van der Waals surface area contributed by atoms with Crippen molar-refractivity contribution in [2.75, 3.05) is 19.6 Å². The second-order valence-electron chi connectivity index (χ2n) is 7.33. The minimum Gasteiger partial charge on any atom is -0.444 e. The Morgan fingerprint density at radius 1 is 1.39 bits per heavy atom. The molecule has 0 saturated carbocycles. The highest BCUT2D eigenvalue weighted by Gasteiger charge is 2.24. The van der Waals surface area contributed by atoms with Gasteiger partial charge in [-0.3, -0.25) is 4.68 Å². The van der Waals surface area contributed by atoms with Crippen LogP contribution in [0.2, 0.25) is 0 Å². The van der Waals surface area contributed by atoms with Gasteiger partial charge >= 0.3 is 6.09 Å². The maximum absolute atomic E-state index is 12.1. The normalized spacial score (nSPS) is 19.5. The molecule has 0 spiro atoms. The van der Waals surface area contributed by atoms with E-state index in [0.717, 1.165) is 45.4 Å². The molecule has 1 amide bonds. The number of rotatable bonds is 4. The summed E-state index contributed by atoms with van der Waals surface area (Å²) in [5.41, 5.74) is 0.760. The van der Waals surface area contributed by atoms with Crippen molar-refractivity contribution < 1.29 is 9.53 Å². The second kappa shape index (κ2) is 7.81.